The van der Waals surface area contributed by atoms with Crippen LogP contribution in [0.2, 0.25) is 0 Å². The molecule has 0 aliphatic heterocycles. The fourth-order valence-corrected chi connectivity index (χ4v) is 2.88. The van der Waals surface area contributed by atoms with Crippen molar-refractivity contribution in [3.05, 3.63) is 35.9 Å². The van der Waals surface area contributed by atoms with E-state index >= 15 is 0 Å². The minimum Gasteiger partial charge on any atom is -0.480 e. The number of rotatable bonds is 8. The molecule has 0 heterocycles. The molecule has 0 spiro atoms. The summed E-state index contributed by atoms with van der Waals surface area (Å²) >= 11 is 1.13. The summed E-state index contributed by atoms with van der Waals surface area (Å²) in [5, 5.41) is 18.7. The molecule has 4 N–H and O–H groups in total. The van der Waals surface area contributed by atoms with Crippen molar-refractivity contribution >= 4 is 17.7 Å². The third-order valence-electron chi connectivity index (χ3n) is 3.22. The van der Waals surface area contributed by atoms with Gasteiger partial charge in [0.2, 0.25) is 0 Å². The summed E-state index contributed by atoms with van der Waals surface area (Å²) in [5.41, 5.74) is 2.19. The molecule has 0 aromatic heterocycles. The number of thioether (sulfide) groups is 1. The van der Waals surface area contributed by atoms with Gasteiger partial charge in [-0.05, 0) is 29.9 Å². The molecule has 0 saturated carbocycles. The molecular weight excluding hydrogens is 319 g/mol. The normalized spacial score (nSPS) is 16.0. The van der Waals surface area contributed by atoms with Crippen LogP contribution in [0, 0.1) is 0 Å². The Labute approximate surface area is 130 Å². The van der Waals surface area contributed by atoms with E-state index in [1.165, 1.54) is 24.3 Å². The third kappa shape index (κ3) is 4.89. The summed E-state index contributed by atoms with van der Waals surface area (Å²) in [6.45, 7) is 0. The van der Waals surface area contributed by atoms with Gasteiger partial charge in [0.1, 0.15) is 6.04 Å². The number of alkyl halides is 3. The Balaban J connectivity index is 2.60. The molecule has 0 radical (unpaired) electrons. The monoisotopic (exact) mass is 337 g/mol. The summed E-state index contributed by atoms with van der Waals surface area (Å²) in [4.78, 5) is 10.5. The smallest absolute Gasteiger partial charge is 0.421 e. The van der Waals surface area contributed by atoms with E-state index in [-0.39, 0.29) is 17.7 Å². The van der Waals surface area contributed by atoms with Gasteiger partial charge in [0.15, 0.2) is 5.60 Å². The Hall–Kier alpha value is -1.25. The minimum atomic E-state index is -4.79. The van der Waals surface area contributed by atoms with Crippen molar-refractivity contribution in [1.82, 2.24) is 0 Å². The fourth-order valence-electron chi connectivity index (χ4n) is 1.82. The zero-order valence-electron chi connectivity index (χ0n) is 11.7. The predicted molar refractivity (Wildman–Crippen MR) is 78.6 cm³/mol. The van der Waals surface area contributed by atoms with Crippen molar-refractivity contribution in [3.8, 4) is 0 Å². The van der Waals surface area contributed by atoms with Crippen LogP contribution in [0.3, 0.4) is 0 Å². The van der Waals surface area contributed by atoms with Gasteiger partial charge in [-0.3, -0.25) is 4.79 Å². The van der Waals surface area contributed by atoms with Gasteiger partial charge < -0.3 is 15.9 Å². The van der Waals surface area contributed by atoms with Crippen LogP contribution in [0.15, 0.2) is 30.3 Å². The number of aliphatic carboxylic acids is 1. The SMILES string of the molecule is NC(CCSCCC(O)(c1ccccc1)C(F)(F)F)C(=O)O. The molecule has 0 aliphatic rings. The number of benzene rings is 1. The molecule has 2 unspecified atom stereocenters. The summed E-state index contributed by atoms with van der Waals surface area (Å²) in [6.07, 6.45) is -5.13. The van der Waals surface area contributed by atoms with Crippen LogP contribution in [-0.4, -0.2) is 39.9 Å². The van der Waals surface area contributed by atoms with Crippen molar-refractivity contribution in [1.29, 1.82) is 0 Å². The predicted octanol–water partition coefficient (Wildman–Crippen LogP) is 2.36. The van der Waals surface area contributed by atoms with E-state index in [1.807, 2.05) is 0 Å². The van der Waals surface area contributed by atoms with Gasteiger partial charge in [0.05, 0.1) is 0 Å². The van der Waals surface area contributed by atoms with Gasteiger partial charge in [-0.25, -0.2) is 0 Å². The standard InChI is InChI=1S/C14H18F3NO3S/c15-14(16,17)13(21,10-4-2-1-3-5-10)7-9-22-8-6-11(18)12(19)20/h1-5,11,21H,6-9,18H2,(H,19,20). The Morgan fingerprint density at radius 3 is 2.32 bits per heavy atom. The van der Waals surface area contributed by atoms with Crippen LogP contribution in [0.1, 0.15) is 18.4 Å². The highest BCUT2D eigenvalue weighted by Gasteiger charge is 2.54. The number of carbonyl (C=O) groups is 1. The maximum Gasteiger partial charge on any atom is 0.421 e. The first-order chi connectivity index (χ1) is 10.2. The number of aliphatic hydroxyl groups is 1. The van der Waals surface area contributed by atoms with Crippen molar-refractivity contribution in [2.45, 2.75) is 30.7 Å². The molecule has 2 atom stereocenters. The van der Waals surface area contributed by atoms with E-state index in [0.29, 0.717) is 5.75 Å². The highest BCUT2D eigenvalue weighted by atomic mass is 32.2. The fraction of sp³-hybridized carbons (Fsp3) is 0.500. The maximum absolute atomic E-state index is 13.2. The second-order valence-electron chi connectivity index (χ2n) is 4.82. The topological polar surface area (TPSA) is 83.5 Å². The van der Waals surface area contributed by atoms with E-state index < -0.39 is 30.2 Å². The molecule has 0 fully saturated rings. The Morgan fingerprint density at radius 2 is 1.82 bits per heavy atom. The van der Waals surface area contributed by atoms with Crippen molar-refractivity contribution < 1.29 is 28.2 Å². The first kappa shape index (κ1) is 18.8. The molecule has 0 bridgehead atoms. The average Bonchev–Trinajstić information content (AvgIpc) is 2.46. The molecule has 1 aromatic carbocycles. The van der Waals surface area contributed by atoms with Crippen LogP contribution in [0.4, 0.5) is 13.2 Å². The largest absolute Gasteiger partial charge is 0.480 e. The summed E-state index contributed by atoms with van der Waals surface area (Å²) in [7, 11) is 0. The number of carboxylic acid groups (broad SMARTS) is 1. The molecule has 0 amide bonds. The zero-order valence-corrected chi connectivity index (χ0v) is 12.5. The minimum absolute atomic E-state index is 0.0389. The summed E-state index contributed by atoms with van der Waals surface area (Å²) in [6, 6.07) is 5.89. The highest BCUT2D eigenvalue weighted by Crippen LogP contribution is 2.42. The molecule has 124 valence electrons. The van der Waals surface area contributed by atoms with Crippen LogP contribution in [0.5, 0.6) is 0 Å². The second-order valence-corrected chi connectivity index (χ2v) is 6.04. The molecular formula is C14H18F3NO3S. The van der Waals surface area contributed by atoms with Crippen molar-refractivity contribution in [3.63, 3.8) is 0 Å². The molecule has 0 aliphatic carbocycles. The number of hydrogen-bond acceptors (Lipinski definition) is 4. The number of nitrogens with two attached hydrogens (primary N) is 1. The summed E-state index contributed by atoms with van der Waals surface area (Å²) in [5.74, 6) is -0.787. The Morgan fingerprint density at radius 1 is 1.23 bits per heavy atom. The van der Waals surface area contributed by atoms with Gasteiger partial charge in [0.25, 0.3) is 0 Å². The Kier molecular flexibility index (Phi) is 6.70. The zero-order chi connectivity index (χ0) is 16.8. The van der Waals surface area contributed by atoms with Gasteiger partial charge in [-0.15, -0.1) is 0 Å². The molecule has 1 rings (SSSR count). The van der Waals surface area contributed by atoms with Gasteiger partial charge in [-0.2, -0.15) is 24.9 Å². The molecule has 0 saturated heterocycles. The Bertz CT molecular complexity index is 484. The van der Waals surface area contributed by atoms with E-state index in [2.05, 4.69) is 0 Å². The lowest BCUT2D eigenvalue weighted by molar-refractivity contribution is -0.267. The van der Waals surface area contributed by atoms with Gasteiger partial charge in [0, 0.05) is 0 Å². The lowest BCUT2D eigenvalue weighted by Gasteiger charge is -2.31. The van der Waals surface area contributed by atoms with E-state index in [9.17, 15) is 23.1 Å². The third-order valence-corrected chi connectivity index (χ3v) is 4.24. The quantitative estimate of drug-likeness (QED) is 0.634. The van der Waals surface area contributed by atoms with Gasteiger partial charge in [-0.1, -0.05) is 30.3 Å². The number of halogens is 3. The van der Waals surface area contributed by atoms with Crippen LogP contribution in [0.25, 0.3) is 0 Å². The number of hydrogen-bond donors (Lipinski definition) is 3. The second kappa shape index (κ2) is 7.85. The van der Waals surface area contributed by atoms with E-state index in [4.69, 9.17) is 10.8 Å². The van der Waals surface area contributed by atoms with Crippen molar-refractivity contribution in [2.75, 3.05) is 11.5 Å². The molecule has 22 heavy (non-hydrogen) atoms. The first-order valence-corrected chi connectivity index (χ1v) is 7.74. The van der Waals surface area contributed by atoms with Crippen LogP contribution < -0.4 is 5.73 Å². The average molecular weight is 337 g/mol. The van der Waals surface area contributed by atoms with E-state index in [1.54, 1.807) is 6.07 Å². The van der Waals surface area contributed by atoms with Crippen LogP contribution in [-0.2, 0) is 10.4 Å². The number of carboxylic acids is 1. The molecule has 8 heteroatoms. The maximum atomic E-state index is 13.2. The molecule has 4 nitrogen and oxygen atoms in total. The lowest BCUT2D eigenvalue weighted by Crippen LogP contribution is -2.42. The summed E-state index contributed by atoms with van der Waals surface area (Å²) < 4.78 is 39.5. The van der Waals surface area contributed by atoms with Crippen molar-refractivity contribution in [2.24, 2.45) is 5.73 Å². The first-order valence-electron chi connectivity index (χ1n) is 6.59. The van der Waals surface area contributed by atoms with Crippen LogP contribution >= 0.6 is 11.8 Å². The highest BCUT2D eigenvalue weighted by molar-refractivity contribution is 7.99. The van der Waals surface area contributed by atoms with E-state index in [0.717, 1.165) is 11.8 Å². The lowest BCUT2D eigenvalue weighted by atomic mass is 9.90. The van der Waals surface area contributed by atoms with Gasteiger partial charge >= 0.3 is 12.1 Å². The molecule has 1 aromatic rings.